The Bertz CT molecular complexity index is 1010. The highest BCUT2D eigenvalue weighted by Crippen LogP contribution is 2.41. The van der Waals surface area contributed by atoms with Crippen molar-refractivity contribution in [3.05, 3.63) is 71.3 Å². The maximum atomic E-state index is 14.7. The lowest BCUT2D eigenvalue weighted by Crippen LogP contribution is -2.52. The van der Waals surface area contributed by atoms with Gasteiger partial charge in [-0.25, -0.2) is 8.78 Å². The number of rotatable bonds is 3. The zero-order chi connectivity index (χ0) is 24.0. The minimum absolute atomic E-state index is 0. The third-order valence-corrected chi connectivity index (χ3v) is 7.61. The molecule has 4 rings (SSSR count). The van der Waals surface area contributed by atoms with Crippen LogP contribution in [0.2, 0.25) is 0 Å². The average Bonchev–Trinajstić information content (AvgIpc) is 3.21. The van der Waals surface area contributed by atoms with Crippen molar-refractivity contribution in [2.45, 2.75) is 51.2 Å². The summed E-state index contributed by atoms with van der Waals surface area (Å²) >= 11 is 0. The van der Waals surface area contributed by atoms with Crippen LogP contribution in [0.15, 0.2) is 48.5 Å². The van der Waals surface area contributed by atoms with Gasteiger partial charge in [-0.1, -0.05) is 43.3 Å². The van der Waals surface area contributed by atoms with E-state index in [1.54, 1.807) is 0 Å². The van der Waals surface area contributed by atoms with Gasteiger partial charge in [0.1, 0.15) is 11.6 Å². The Hall–Kier alpha value is -2.02. The fourth-order valence-electron chi connectivity index (χ4n) is 5.43. The SMILES string of the molecule is C[C@@H]1CN(C(=O)[C@@H]2CN(C(C)(C)C)C[C@H]2c2ccc(F)cc2F)CC[C@]1(O)c1ccccc1.Cl. The zero-order valence-electron chi connectivity index (χ0n) is 20.3. The maximum absolute atomic E-state index is 14.7. The van der Waals surface area contributed by atoms with Gasteiger partial charge in [-0.3, -0.25) is 9.69 Å². The van der Waals surface area contributed by atoms with E-state index in [-0.39, 0.29) is 35.7 Å². The lowest BCUT2D eigenvalue weighted by Gasteiger charge is -2.44. The summed E-state index contributed by atoms with van der Waals surface area (Å²) in [5, 5.41) is 11.4. The number of carbonyl (C=O) groups excluding carboxylic acids is 1. The predicted molar refractivity (Wildman–Crippen MR) is 132 cm³/mol. The van der Waals surface area contributed by atoms with Gasteiger partial charge in [0.05, 0.1) is 11.5 Å². The van der Waals surface area contributed by atoms with Crippen LogP contribution in [0.3, 0.4) is 0 Å². The number of nitrogens with zero attached hydrogens (tertiary/aromatic N) is 2. The summed E-state index contributed by atoms with van der Waals surface area (Å²) in [6.45, 7) is 10.2. The average molecular weight is 493 g/mol. The first-order chi connectivity index (χ1) is 15.5. The van der Waals surface area contributed by atoms with E-state index in [1.807, 2.05) is 42.2 Å². The fourth-order valence-corrected chi connectivity index (χ4v) is 5.43. The van der Waals surface area contributed by atoms with Crippen molar-refractivity contribution in [1.82, 2.24) is 9.80 Å². The molecule has 0 spiro atoms. The van der Waals surface area contributed by atoms with Gasteiger partial charge in [-0.15, -0.1) is 12.4 Å². The van der Waals surface area contributed by atoms with Crippen LogP contribution in [0.5, 0.6) is 0 Å². The normalized spacial score (nSPS) is 28.0. The van der Waals surface area contributed by atoms with Gasteiger partial charge in [0, 0.05) is 49.6 Å². The van der Waals surface area contributed by atoms with Gasteiger partial charge in [0.25, 0.3) is 0 Å². The number of halogens is 3. The van der Waals surface area contributed by atoms with Crippen molar-refractivity contribution >= 4 is 18.3 Å². The molecular formula is C27H35ClF2N2O2. The highest BCUT2D eigenvalue weighted by molar-refractivity contribution is 5.85. The molecule has 2 aromatic carbocycles. The molecule has 186 valence electrons. The number of piperidine rings is 1. The Labute approximate surface area is 207 Å². The standard InChI is InChI=1S/C27H34F2N2O2.ClH/c1-18-15-30(13-12-27(18,33)19-8-6-5-7-9-19)25(32)23-17-31(26(2,3)4)16-22(23)21-11-10-20(28)14-24(21)29;/h5-11,14,18,22-23,33H,12-13,15-17H2,1-4H3;1H/t18-,22+,23-,27-;/m1./s1. The summed E-state index contributed by atoms with van der Waals surface area (Å²) in [5.41, 5.74) is 0.114. The largest absolute Gasteiger partial charge is 0.385 e. The molecule has 4 nitrogen and oxygen atoms in total. The molecule has 2 fully saturated rings. The zero-order valence-corrected chi connectivity index (χ0v) is 21.1. The molecule has 0 unspecified atom stereocenters. The van der Waals surface area contributed by atoms with Gasteiger partial charge in [0.15, 0.2) is 0 Å². The van der Waals surface area contributed by atoms with Crippen molar-refractivity contribution in [3.8, 4) is 0 Å². The van der Waals surface area contributed by atoms with Crippen LogP contribution < -0.4 is 0 Å². The van der Waals surface area contributed by atoms with Crippen LogP contribution >= 0.6 is 12.4 Å². The summed E-state index contributed by atoms with van der Waals surface area (Å²) in [6, 6.07) is 13.3. The summed E-state index contributed by atoms with van der Waals surface area (Å²) in [5.74, 6) is -2.13. The van der Waals surface area contributed by atoms with Gasteiger partial charge in [-0.05, 0) is 44.4 Å². The molecule has 0 aliphatic carbocycles. The van der Waals surface area contributed by atoms with Crippen LogP contribution in [-0.2, 0) is 10.4 Å². The van der Waals surface area contributed by atoms with E-state index in [2.05, 4.69) is 25.7 Å². The van der Waals surface area contributed by atoms with Crippen molar-refractivity contribution < 1.29 is 18.7 Å². The third-order valence-electron chi connectivity index (χ3n) is 7.61. The lowest BCUT2D eigenvalue weighted by molar-refractivity contribution is -0.144. The Morgan fingerprint density at radius 3 is 2.32 bits per heavy atom. The lowest BCUT2D eigenvalue weighted by atomic mass is 9.76. The molecule has 34 heavy (non-hydrogen) atoms. The van der Waals surface area contributed by atoms with Crippen LogP contribution in [0.4, 0.5) is 8.78 Å². The van der Waals surface area contributed by atoms with Crippen molar-refractivity contribution in [3.63, 3.8) is 0 Å². The number of carbonyl (C=O) groups is 1. The second-order valence-corrected chi connectivity index (χ2v) is 10.7. The van der Waals surface area contributed by atoms with Crippen LogP contribution in [0, 0.1) is 23.5 Å². The Balaban J connectivity index is 0.00000324. The van der Waals surface area contributed by atoms with Gasteiger partial charge in [-0.2, -0.15) is 0 Å². The molecule has 2 aliphatic rings. The minimum atomic E-state index is -0.979. The molecular weight excluding hydrogens is 458 g/mol. The van der Waals surface area contributed by atoms with Crippen LogP contribution in [0.25, 0.3) is 0 Å². The monoisotopic (exact) mass is 492 g/mol. The first kappa shape index (κ1) is 26.6. The molecule has 0 radical (unpaired) electrons. The Morgan fingerprint density at radius 1 is 1.06 bits per heavy atom. The maximum Gasteiger partial charge on any atom is 0.227 e. The van der Waals surface area contributed by atoms with Crippen LogP contribution in [0.1, 0.15) is 51.2 Å². The van der Waals surface area contributed by atoms with E-state index in [0.717, 1.165) is 11.6 Å². The summed E-state index contributed by atoms with van der Waals surface area (Å²) in [6.07, 6.45) is 0.454. The second kappa shape index (κ2) is 9.92. The second-order valence-electron chi connectivity index (χ2n) is 10.7. The summed E-state index contributed by atoms with van der Waals surface area (Å²) in [4.78, 5) is 17.8. The highest BCUT2D eigenvalue weighted by Gasteiger charge is 2.47. The van der Waals surface area contributed by atoms with E-state index in [0.29, 0.717) is 38.2 Å². The fraction of sp³-hybridized carbons (Fsp3) is 0.519. The van der Waals surface area contributed by atoms with Crippen molar-refractivity contribution in [2.24, 2.45) is 11.8 Å². The van der Waals surface area contributed by atoms with E-state index >= 15 is 0 Å². The molecule has 0 aromatic heterocycles. The number of likely N-dealkylation sites (tertiary alicyclic amines) is 2. The molecule has 4 atom stereocenters. The molecule has 1 N–H and O–H groups in total. The topological polar surface area (TPSA) is 43.8 Å². The Kier molecular flexibility index (Phi) is 7.76. The first-order valence-corrected chi connectivity index (χ1v) is 11.8. The third kappa shape index (κ3) is 5.00. The molecule has 0 saturated carbocycles. The van der Waals surface area contributed by atoms with E-state index in [1.165, 1.54) is 12.1 Å². The number of hydrogen-bond donors (Lipinski definition) is 1. The molecule has 0 bridgehead atoms. The van der Waals surface area contributed by atoms with Crippen molar-refractivity contribution in [1.29, 1.82) is 0 Å². The van der Waals surface area contributed by atoms with Gasteiger partial charge in [0.2, 0.25) is 5.91 Å². The summed E-state index contributed by atoms with van der Waals surface area (Å²) < 4.78 is 28.3. The molecule has 2 heterocycles. The van der Waals surface area contributed by atoms with Gasteiger partial charge < -0.3 is 10.0 Å². The molecule has 7 heteroatoms. The summed E-state index contributed by atoms with van der Waals surface area (Å²) in [7, 11) is 0. The van der Waals surface area contributed by atoms with E-state index < -0.39 is 23.2 Å². The molecule has 2 saturated heterocycles. The number of aliphatic hydroxyl groups is 1. The van der Waals surface area contributed by atoms with E-state index in [4.69, 9.17) is 0 Å². The highest BCUT2D eigenvalue weighted by atomic mass is 35.5. The van der Waals surface area contributed by atoms with E-state index in [9.17, 15) is 18.7 Å². The first-order valence-electron chi connectivity index (χ1n) is 11.8. The molecule has 1 amide bonds. The number of hydrogen-bond acceptors (Lipinski definition) is 3. The smallest absolute Gasteiger partial charge is 0.227 e. The van der Waals surface area contributed by atoms with Crippen molar-refractivity contribution in [2.75, 3.05) is 26.2 Å². The number of benzene rings is 2. The molecule has 2 aliphatic heterocycles. The molecule has 2 aromatic rings. The number of amides is 1. The Morgan fingerprint density at radius 2 is 1.74 bits per heavy atom. The van der Waals surface area contributed by atoms with Gasteiger partial charge >= 0.3 is 0 Å². The minimum Gasteiger partial charge on any atom is -0.385 e. The quantitative estimate of drug-likeness (QED) is 0.658. The van der Waals surface area contributed by atoms with Crippen LogP contribution in [-0.4, -0.2) is 52.5 Å². The predicted octanol–water partition coefficient (Wildman–Crippen LogP) is 4.96.